The first-order valence-electron chi connectivity index (χ1n) is 8.74. The van der Waals surface area contributed by atoms with Crippen molar-refractivity contribution in [2.24, 2.45) is 5.73 Å². The quantitative estimate of drug-likeness (QED) is 0.519. The van der Waals surface area contributed by atoms with E-state index in [2.05, 4.69) is 21.7 Å². The third kappa shape index (κ3) is 3.18. The molecule has 0 saturated carbocycles. The first kappa shape index (κ1) is 17.6. The lowest BCUT2D eigenvalue weighted by Crippen LogP contribution is -2.04. The van der Waals surface area contributed by atoms with Crippen molar-refractivity contribution in [1.82, 2.24) is 9.55 Å². The highest BCUT2D eigenvalue weighted by atomic mass is 35.5. The fraction of sp³-hybridized carbons (Fsp3) is 0.136. The number of imidazole rings is 1. The number of halogens is 1. The van der Waals surface area contributed by atoms with Gasteiger partial charge in [0.1, 0.15) is 12.1 Å². The largest absolute Gasteiger partial charge is 0.496 e. The molecule has 1 aromatic heterocycles. The molecular weight excluding hydrogens is 358 g/mol. The summed E-state index contributed by atoms with van der Waals surface area (Å²) < 4.78 is 7.56. The van der Waals surface area contributed by atoms with Crippen LogP contribution in [0.1, 0.15) is 18.5 Å². The van der Waals surface area contributed by atoms with Gasteiger partial charge in [-0.3, -0.25) is 4.57 Å². The summed E-state index contributed by atoms with van der Waals surface area (Å²) in [7, 11) is 1.65. The second kappa shape index (κ2) is 7.06. The van der Waals surface area contributed by atoms with Gasteiger partial charge in [0.15, 0.2) is 0 Å². The van der Waals surface area contributed by atoms with Crippen LogP contribution in [0.5, 0.6) is 5.75 Å². The van der Waals surface area contributed by atoms with Gasteiger partial charge >= 0.3 is 0 Å². The summed E-state index contributed by atoms with van der Waals surface area (Å²) in [5, 5.41) is 0.656. The maximum absolute atomic E-state index is 6.45. The van der Waals surface area contributed by atoms with Crippen LogP contribution in [0.3, 0.4) is 0 Å². The number of rotatable bonds is 4. The number of methoxy groups -OCH3 is 1. The van der Waals surface area contributed by atoms with Gasteiger partial charge in [0.05, 0.1) is 23.2 Å². The number of ether oxygens (including phenoxy) is 1. The van der Waals surface area contributed by atoms with E-state index >= 15 is 0 Å². The Balaban J connectivity index is 1.84. The van der Waals surface area contributed by atoms with Crippen molar-refractivity contribution in [3.63, 3.8) is 0 Å². The molecule has 0 bridgehead atoms. The molecule has 1 heterocycles. The van der Waals surface area contributed by atoms with Crippen LogP contribution >= 0.6 is 11.6 Å². The number of benzene rings is 3. The monoisotopic (exact) mass is 377 g/mol. The highest BCUT2D eigenvalue weighted by molar-refractivity contribution is 6.33. The maximum atomic E-state index is 6.45. The number of fused-ring (bicyclic) bond motifs is 1. The van der Waals surface area contributed by atoms with E-state index in [4.69, 9.17) is 22.1 Å². The van der Waals surface area contributed by atoms with Crippen molar-refractivity contribution in [3.8, 4) is 22.6 Å². The van der Waals surface area contributed by atoms with Crippen molar-refractivity contribution in [3.05, 3.63) is 77.6 Å². The zero-order valence-electron chi connectivity index (χ0n) is 15.2. The van der Waals surface area contributed by atoms with Crippen molar-refractivity contribution in [1.29, 1.82) is 0 Å². The van der Waals surface area contributed by atoms with Gasteiger partial charge in [0.25, 0.3) is 0 Å². The molecule has 0 saturated heterocycles. The van der Waals surface area contributed by atoms with Gasteiger partial charge in [0.2, 0.25) is 0 Å². The maximum Gasteiger partial charge on any atom is 0.128 e. The molecule has 5 heteroatoms. The molecule has 4 rings (SSSR count). The third-order valence-electron chi connectivity index (χ3n) is 4.71. The summed E-state index contributed by atoms with van der Waals surface area (Å²) in [6, 6.07) is 20.0. The number of hydrogen-bond acceptors (Lipinski definition) is 3. The SMILES string of the molecule is COc1cccc(Cl)c1-c1cccc(-n2cnc3cc([C@@H](C)N)ccc32)c1. The fourth-order valence-electron chi connectivity index (χ4n) is 3.28. The second-order valence-corrected chi connectivity index (χ2v) is 6.93. The van der Waals surface area contributed by atoms with Crippen LogP contribution in [0.4, 0.5) is 0 Å². The standard InChI is InChI=1S/C22H20ClN3O/c1-14(24)15-9-10-20-19(12-15)25-13-26(20)17-6-3-5-16(11-17)22-18(23)7-4-8-21(22)27-2/h3-14H,24H2,1-2H3/t14-/m1/s1. The van der Waals surface area contributed by atoms with Gasteiger partial charge < -0.3 is 10.5 Å². The van der Waals surface area contributed by atoms with Crippen LogP contribution in [-0.4, -0.2) is 16.7 Å². The fourth-order valence-corrected chi connectivity index (χ4v) is 3.56. The van der Waals surface area contributed by atoms with Crippen LogP contribution in [0, 0.1) is 0 Å². The Kier molecular flexibility index (Phi) is 4.60. The summed E-state index contributed by atoms with van der Waals surface area (Å²) in [6.45, 7) is 1.97. The molecular formula is C22H20ClN3O. The Hall–Kier alpha value is -2.82. The molecule has 136 valence electrons. The topological polar surface area (TPSA) is 53.1 Å². The smallest absolute Gasteiger partial charge is 0.128 e. The van der Waals surface area contributed by atoms with Gasteiger partial charge in [-0.2, -0.15) is 0 Å². The van der Waals surface area contributed by atoms with Crippen molar-refractivity contribution in [2.75, 3.05) is 7.11 Å². The lowest BCUT2D eigenvalue weighted by molar-refractivity contribution is 0.416. The van der Waals surface area contributed by atoms with Gasteiger partial charge in [-0.05, 0) is 54.4 Å². The lowest BCUT2D eigenvalue weighted by Gasteiger charge is -2.12. The minimum absolute atomic E-state index is 0.0180. The van der Waals surface area contributed by atoms with Crippen LogP contribution in [-0.2, 0) is 0 Å². The molecule has 0 aliphatic rings. The minimum atomic E-state index is -0.0180. The van der Waals surface area contributed by atoms with Crippen LogP contribution in [0.25, 0.3) is 27.8 Å². The van der Waals surface area contributed by atoms with E-state index < -0.39 is 0 Å². The summed E-state index contributed by atoms with van der Waals surface area (Å²) >= 11 is 6.45. The van der Waals surface area contributed by atoms with Gasteiger partial charge in [-0.15, -0.1) is 0 Å². The van der Waals surface area contributed by atoms with E-state index in [-0.39, 0.29) is 6.04 Å². The Bertz CT molecular complexity index is 1120. The van der Waals surface area contributed by atoms with Crippen molar-refractivity contribution >= 4 is 22.6 Å². The van der Waals surface area contributed by atoms with Gasteiger partial charge in [0, 0.05) is 17.3 Å². The molecule has 0 radical (unpaired) electrons. The molecule has 27 heavy (non-hydrogen) atoms. The van der Waals surface area contributed by atoms with E-state index in [0.717, 1.165) is 39.2 Å². The molecule has 4 nitrogen and oxygen atoms in total. The molecule has 1 atom stereocenters. The molecule has 0 amide bonds. The highest BCUT2D eigenvalue weighted by Gasteiger charge is 2.12. The summed E-state index contributed by atoms with van der Waals surface area (Å²) in [4.78, 5) is 4.55. The second-order valence-electron chi connectivity index (χ2n) is 6.52. The predicted octanol–water partition coefficient (Wildman–Crippen LogP) is 5.37. The average Bonchev–Trinajstić information content (AvgIpc) is 3.11. The summed E-state index contributed by atoms with van der Waals surface area (Å²) in [5.41, 5.74) is 11.9. The number of hydrogen-bond donors (Lipinski definition) is 1. The highest BCUT2D eigenvalue weighted by Crippen LogP contribution is 2.37. The normalized spacial score (nSPS) is 12.3. The molecule has 0 aliphatic heterocycles. The minimum Gasteiger partial charge on any atom is -0.496 e. The Morgan fingerprint density at radius 2 is 1.89 bits per heavy atom. The van der Waals surface area contributed by atoms with E-state index in [1.54, 1.807) is 7.11 Å². The zero-order valence-corrected chi connectivity index (χ0v) is 15.9. The Morgan fingerprint density at radius 3 is 2.67 bits per heavy atom. The van der Waals surface area contributed by atoms with Crippen LogP contribution < -0.4 is 10.5 Å². The molecule has 0 unspecified atom stereocenters. The molecule has 0 spiro atoms. The average molecular weight is 378 g/mol. The molecule has 3 aromatic carbocycles. The lowest BCUT2D eigenvalue weighted by atomic mass is 10.0. The number of aromatic nitrogens is 2. The molecule has 4 aromatic rings. The molecule has 0 fully saturated rings. The summed E-state index contributed by atoms with van der Waals surface area (Å²) in [5.74, 6) is 0.747. The molecule has 0 aliphatic carbocycles. The molecule has 2 N–H and O–H groups in total. The van der Waals surface area contributed by atoms with Crippen LogP contribution in [0.2, 0.25) is 5.02 Å². The van der Waals surface area contributed by atoms with Gasteiger partial charge in [-0.25, -0.2) is 4.98 Å². The predicted molar refractivity (Wildman–Crippen MR) is 111 cm³/mol. The van der Waals surface area contributed by atoms with E-state index in [1.807, 2.05) is 61.8 Å². The first-order valence-corrected chi connectivity index (χ1v) is 9.12. The first-order chi connectivity index (χ1) is 13.1. The summed E-state index contributed by atoms with van der Waals surface area (Å²) in [6.07, 6.45) is 1.83. The van der Waals surface area contributed by atoms with Crippen LogP contribution in [0.15, 0.2) is 67.0 Å². The Labute approximate surface area is 163 Å². The van der Waals surface area contributed by atoms with E-state index in [0.29, 0.717) is 5.02 Å². The third-order valence-corrected chi connectivity index (χ3v) is 5.02. The number of nitrogens with zero attached hydrogens (tertiary/aromatic N) is 2. The number of nitrogens with two attached hydrogens (primary N) is 1. The van der Waals surface area contributed by atoms with Crippen molar-refractivity contribution < 1.29 is 4.74 Å². The van der Waals surface area contributed by atoms with Crippen molar-refractivity contribution in [2.45, 2.75) is 13.0 Å². The zero-order chi connectivity index (χ0) is 19.0. The van der Waals surface area contributed by atoms with Gasteiger partial charge in [-0.1, -0.05) is 35.9 Å². The van der Waals surface area contributed by atoms with E-state index in [1.165, 1.54) is 0 Å². The Morgan fingerprint density at radius 1 is 1.07 bits per heavy atom. The van der Waals surface area contributed by atoms with E-state index in [9.17, 15) is 0 Å².